The Morgan fingerprint density at radius 1 is 1.15 bits per heavy atom. The van der Waals surface area contributed by atoms with E-state index in [1.165, 1.54) is 30.3 Å². The highest BCUT2D eigenvalue weighted by atomic mass is 35.5. The van der Waals surface area contributed by atoms with E-state index in [0.717, 1.165) is 0 Å². The first kappa shape index (κ1) is 13.3. The summed E-state index contributed by atoms with van der Waals surface area (Å²) in [4.78, 5) is 0. The van der Waals surface area contributed by atoms with E-state index < -0.39 is 23.8 Å². The molecule has 0 radical (unpaired) electrons. The van der Waals surface area contributed by atoms with Crippen LogP contribution in [0.4, 0.5) is 8.78 Å². The van der Waals surface area contributed by atoms with Gasteiger partial charge in [-0.05, 0) is 35.9 Å². The Morgan fingerprint density at radius 2 is 1.95 bits per heavy atom. The molecule has 0 saturated carbocycles. The fraction of sp³-hybridized carbons (Fsp3) is 0.200. The standard InChI is InChI=1S/C15H11ClF2O2/c16-11-5-8(1-3-12(11)18)15-7-13(19)10-6-9(17)2-4-14(10)20-15/h1-6,13,15,19H,7H2/t13-,15?/m0/s1. The zero-order valence-electron chi connectivity index (χ0n) is 10.3. The van der Waals surface area contributed by atoms with E-state index in [0.29, 0.717) is 16.9 Å². The van der Waals surface area contributed by atoms with E-state index in [1.54, 1.807) is 6.07 Å². The molecule has 1 unspecified atom stereocenters. The predicted molar refractivity (Wildman–Crippen MR) is 70.8 cm³/mol. The van der Waals surface area contributed by atoms with Crippen LogP contribution in [0.1, 0.15) is 29.8 Å². The summed E-state index contributed by atoms with van der Waals surface area (Å²) in [6.07, 6.45) is -1.01. The summed E-state index contributed by atoms with van der Waals surface area (Å²) in [5.74, 6) is -0.500. The van der Waals surface area contributed by atoms with Crippen LogP contribution in [0.2, 0.25) is 5.02 Å². The SMILES string of the molecule is O[C@H]1CC(c2ccc(F)c(Cl)c2)Oc2ccc(F)cc21. The van der Waals surface area contributed by atoms with Crippen molar-refractivity contribution in [1.29, 1.82) is 0 Å². The smallest absolute Gasteiger partial charge is 0.141 e. The van der Waals surface area contributed by atoms with Crippen molar-refractivity contribution in [2.45, 2.75) is 18.6 Å². The average molecular weight is 297 g/mol. The van der Waals surface area contributed by atoms with Gasteiger partial charge in [0.15, 0.2) is 0 Å². The van der Waals surface area contributed by atoms with E-state index in [2.05, 4.69) is 0 Å². The summed E-state index contributed by atoms with van der Waals surface area (Å²) in [6, 6.07) is 8.30. The van der Waals surface area contributed by atoms with Crippen molar-refractivity contribution in [2.75, 3.05) is 0 Å². The Kier molecular flexibility index (Phi) is 3.36. The van der Waals surface area contributed by atoms with Crippen LogP contribution in [0.5, 0.6) is 5.75 Å². The molecule has 2 atom stereocenters. The molecule has 1 aliphatic rings. The topological polar surface area (TPSA) is 29.5 Å². The van der Waals surface area contributed by atoms with Gasteiger partial charge in [0.2, 0.25) is 0 Å². The lowest BCUT2D eigenvalue weighted by molar-refractivity contribution is 0.0653. The second-order valence-corrected chi connectivity index (χ2v) is 5.12. The Labute approximate surface area is 119 Å². The van der Waals surface area contributed by atoms with Crippen LogP contribution >= 0.6 is 11.6 Å². The number of hydrogen-bond acceptors (Lipinski definition) is 2. The van der Waals surface area contributed by atoms with Crippen molar-refractivity contribution >= 4 is 11.6 Å². The second kappa shape index (κ2) is 5.04. The summed E-state index contributed by atoms with van der Waals surface area (Å²) in [6.45, 7) is 0. The average Bonchev–Trinajstić information content (AvgIpc) is 2.42. The molecule has 0 aliphatic carbocycles. The van der Waals surface area contributed by atoms with Gasteiger partial charge in [0.05, 0.1) is 11.1 Å². The summed E-state index contributed by atoms with van der Waals surface area (Å²) in [7, 11) is 0. The lowest BCUT2D eigenvalue weighted by Gasteiger charge is -2.30. The first-order valence-corrected chi connectivity index (χ1v) is 6.51. The van der Waals surface area contributed by atoms with Gasteiger partial charge in [-0.25, -0.2) is 8.78 Å². The van der Waals surface area contributed by atoms with Gasteiger partial charge in [0.1, 0.15) is 23.5 Å². The van der Waals surface area contributed by atoms with Crippen molar-refractivity contribution in [3.8, 4) is 5.75 Å². The van der Waals surface area contributed by atoms with Gasteiger partial charge in [0, 0.05) is 12.0 Å². The van der Waals surface area contributed by atoms with Crippen LogP contribution in [0.15, 0.2) is 36.4 Å². The van der Waals surface area contributed by atoms with Crippen molar-refractivity contribution in [2.24, 2.45) is 0 Å². The first-order chi connectivity index (χ1) is 9.54. The number of benzene rings is 2. The van der Waals surface area contributed by atoms with E-state index in [4.69, 9.17) is 16.3 Å². The van der Waals surface area contributed by atoms with E-state index in [9.17, 15) is 13.9 Å². The maximum atomic E-state index is 13.2. The van der Waals surface area contributed by atoms with Crippen LogP contribution in [-0.2, 0) is 0 Å². The number of halogens is 3. The molecule has 1 heterocycles. The normalized spacial score (nSPS) is 21.2. The van der Waals surface area contributed by atoms with E-state index >= 15 is 0 Å². The van der Waals surface area contributed by atoms with Crippen LogP contribution in [-0.4, -0.2) is 5.11 Å². The highest BCUT2D eigenvalue weighted by molar-refractivity contribution is 6.30. The van der Waals surface area contributed by atoms with Crippen molar-refractivity contribution in [3.63, 3.8) is 0 Å². The fourth-order valence-electron chi connectivity index (χ4n) is 2.33. The maximum Gasteiger partial charge on any atom is 0.141 e. The summed E-state index contributed by atoms with van der Waals surface area (Å²) >= 11 is 5.75. The monoisotopic (exact) mass is 296 g/mol. The Bertz CT molecular complexity index is 660. The van der Waals surface area contributed by atoms with Gasteiger partial charge in [0.25, 0.3) is 0 Å². The lowest BCUT2D eigenvalue weighted by atomic mass is 9.95. The molecule has 104 valence electrons. The molecule has 0 amide bonds. The summed E-state index contributed by atoms with van der Waals surface area (Å²) in [5.41, 5.74) is 1.10. The van der Waals surface area contributed by atoms with Crippen molar-refractivity contribution in [1.82, 2.24) is 0 Å². The molecule has 0 aromatic heterocycles. The van der Waals surface area contributed by atoms with Crippen molar-refractivity contribution < 1.29 is 18.6 Å². The zero-order chi connectivity index (χ0) is 14.3. The number of ether oxygens (including phenoxy) is 1. The Hall–Kier alpha value is -1.65. The van der Waals surface area contributed by atoms with Gasteiger partial charge >= 0.3 is 0 Å². The Morgan fingerprint density at radius 3 is 2.70 bits per heavy atom. The van der Waals surface area contributed by atoms with Crippen LogP contribution in [0.25, 0.3) is 0 Å². The third kappa shape index (κ3) is 2.37. The molecule has 2 nitrogen and oxygen atoms in total. The number of aliphatic hydroxyl groups is 1. The van der Waals surface area contributed by atoms with Crippen LogP contribution in [0.3, 0.4) is 0 Å². The Balaban J connectivity index is 1.94. The minimum Gasteiger partial charge on any atom is -0.485 e. The fourth-order valence-corrected chi connectivity index (χ4v) is 2.52. The van der Waals surface area contributed by atoms with Gasteiger partial charge in [-0.15, -0.1) is 0 Å². The molecule has 0 spiro atoms. The summed E-state index contributed by atoms with van der Waals surface area (Å²) in [5, 5.41) is 10.1. The lowest BCUT2D eigenvalue weighted by Crippen LogP contribution is -2.19. The molecule has 20 heavy (non-hydrogen) atoms. The quantitative estimate of drug-likeness (QED) is 0.855. The number of rotatable bonds is 1. The molecule has 2 aromatic rings. The van der Waals surface area contributed by atoms with Crippen LogP contribution < -0.4 is 4.74 Å². The number of hydrogen-bond donors (Lipinski definition) is 1. The zero-order valence-corrected chi connectivity index (χ0v) is 11.1. The van der Waals surface area contributed by atoms with E-state index in [-0.39, 0.29) is 11.4 Å². The molecule has 3 rings (SSSR count). The highest BCUT2D eigenvalue weighted by Gasteiger charge is 2.28. The van der Waals surface area contributed by atoms with Crippen molar-refractivity contribution in [3.05, 3.63) is 64.2 Å². The molecular weight excluding hydrogens is 286 g/mol. The van der Waals surface area contributed by atoms with Gasteiger partial charge in [-0.3, -0.25) is 0 Å². The minimum atomic E-state index is -0.830. The molecule has 1 N–H and O–H groups in total. The van der Waals surface area contributed by atoms with Gasteiger partial charge in [-0.1, -0.05) is 17.7 Å². The number of fused-ring (bicyclic) bond motifs is 1. The van der Waals surface area contributed by atoms with E-state index in [1.807, 2.05) is 0 Å². The van der Waals surface area contributed by atoms with Crippen LogP contribution in [0, 0.1) is 11.6 Å². The third-order valence-electron chi connectivity index (χ3n) is 3.35. The minimum absolute atomic E-state index is 0.00509. The third-order valence-corrected chi connectivity index (χ3v) is 3.64. The maximum absolute atomic E-state index is 13.2. The molecule has 1 aliphatic heterocycles. The summed E-state index contributed by atoms with van der Waals surface area (Å²) < 4.78 is 32.1. The molecule has 0 fully saturated rings. The highest BCUT2D eigenvalue weighted by Crippen LogP contribution is 2.41. The predicted octanol–water partition coefficient (Wildman–Crippen LogP) is 4.18. The second-order valence-electron chi connectivity index (χ2n) is 4.71. The number of aliphatic hydroxyl groups excluding tert-OH is 1. The largest absolute Gasteiger partial charge is 0.485 e. The molecule has 0 saturated heterocycles. The molecular formula is C15H11ClF2O2. The molecule has 0 bridgehead atoms. The van der Waals surface area contributed by atoms with Gasteiger partial charge < -0.3 is 9.84 Å². The van der Waals surface area contributed by atoms with Gasteiger partial charge in [-0.2, -0.15) is 0 Å². The molecule has 2 aromatic carbocycles. The first-order valence-electron chi connectivity index (χ1n) is 6.13. The molecule has 5 heteroatoms.